The number of halogens is 1. The first-order chi connectivity index (χ1) is 6.80. The van der Waals surface area contributed by atoms with Crippen LogP contribution in [0.3, 0.4) is 0 Å². The number of nitrogens with two attached hydrogens (primary N) is 1. The lowest BCUT2D eigenvalue weighted by atomic mass is 10.4. The molecule has 82 valence electrons. The third-order valence-electron chi connectivity index (χ3n) is 1.74. The van der Waals surface area contributed by atoms with Gasteiger partial charge in [-0.1, -0.05) is 19.6 Å². The molecule has 0 bridgehead atoms. The fourth-order valence-corrected chi connectivity index (χ4v) is 2.38. The molecule has 0 aliphatic rings. The minimum atomic E-state index is -1.80. The summed E-state index contributed by atoms with van der Waals surface area (Å²) in [6.45, 7) is 5.94. The monoisotopic (exact) mass is 228 g/mol. The zero-order chi connectivity index (χ0) is 11.6. The Balaban J connectivity index is 3.04. The van der Waals surface area contributed by atoms with E-state index in [-0.39, 0.29) is 5.75 Å². The average molecular weight is 228 g/mol. The molecule has 1 heterocycles. The van der Waals surface area contributed by atoms with Gasteiger partial charge in [0.25, 0.3) is 0 Å². The normalized spacial score (nSPS) is 11.2. The lowest BCUT2D eigenvalue weighted by molar-refractivity contribution is 0.210. The molecule has 0 saturated heterocycles. The Kier molecular flexibility index (Phi) is 3.08. The summed E-state index contributed by atoms with van der Waals surface area (Å²) >= 11 is 0. The Bertz CT molecular complexity index is 390. The molecule has 0 fully saturated rings. The first kappa shape index (κ1) is 11.6. The molecule has 1 rings (SSSR count). The minimum Gasteiger partial charge on any atom is -0.409 e. The highest BCUT2D eigenvalue weighted by atomic mass is 28.3. The Hall–Kier alpha value is -1.43. The fourth-order valence-electron chi connectivity index (χ4n) is 1.14. The van der Waals surface area contributed by atoms with Gasteiger partial charge in [0.2, 0.25) is 0 Å². The first-order valence-corrected chi connectivity index (χ1v) is 7.94. The lowest BCUT2D eigenvalue weighted by Crippen LogP contribution is -2.42. The highest BCUT2D eigenvalue weighted by Gasteiger charge is 2.23. The molecule has 1 aromatic heterocycles. The van der Waals surface area contributed by atoms with Crippen molar-refractivity contribution in [3.63, 3.8) is 0 Å². The predicted octanol–water partition coefficient (Wildman–Crippen LogP) is 1.22. The standard InChI is InChI=1S/C9H13FN2O2Si/c1-15(2,3)8-7(10)4-6(5-12-8)14-9(11)13/h4-5H,1-3H3,(H2,11,13). The van der Waals surface area contributed by atoms with Crippen LogP contribution in [0.25, 0.3) is 0 Å². The van der Waals surface area contributed by atoms with Crippen molar-refractivity contribution in [2.24, 2.45) is 5.73 Å². The van der Waals surface area contributed by atoms with Crippen LogP contribution in [0.5, 0.6) is 5.75 Å². The third kappa shape index (κ3) is 3.02. The maximum atomic E-state index is 13.5. The summed E-state index contributed by atoms with van der Waals surface area (Å²) in [5, 5.41) is 0.458. The van der Waals surface area contributed by atoms with E-state index in [0.717, 1.165) is 6.07 Å². The quantitative estimate of drug-likeness (QED) is 0.774. The molecule has 0 aliphatic heterocycles. The van der Waals surface area contributed by atoms with E-state index < -0.39 is 20.0 Å². The maximum Gasteiger partial charge on any atom is 0.410 e. The van der Waals surface area contributed by atoms with Crippen molar-refractivity contribution in [2.45, 2.75) is 19.6 Å². The number of carbonyl (C=O) groups is 1. The maximum absolute atomic E-state index is 13.5. The Labute approximate surface area is 88.3 Å². The van der Waals surface area contributed by atoms with Crippen LogP contribution in [-0.2, 0) is 0 Å². The van der Waals surface area contributed by atoms with Crippen molar-refractivity contribution < 1.29 is 13.9 Å². The predicted molar refractivity (Wildman–Crippen MR) is 57.4 cm³/mol. The SMILES string of the molecule is C[Si](C)(C)c1ncc(OC(N)=O)cc1F. The van der Waals surface area contributed by atoms with E-state index in [4.69, 9.17) is 5.73 Å². The third-order valence-corrected chi connectivity index (χ3v) is 3.53. The van der Waals surface area contributed by atoms with Crippen LogP contribution in [0.1, 0.15) is 0 Å². The summed E-state index contributed by atoms with van der Waals surface area (Å²) in [7, 11) is -1.80. The molecule has 1 aromatic rings. The highest BCUT2D eigenvalue weighted by Crippen LogP contribution is 2.12. The second kappa shape index (κ2) is 3.97. The number of aromatic nitrogens is 1. The summed E-state index contributed by atoms with van der Waals surface area (Å²) in [5.74, 6) is -0.421. The molecule has 1 amide bonds. The van der Waals surface area contributed by atoms with Crippen LogP contribution < -0.4 is 15.8 Å². The fraction of sp³-hybridized carbons (Fsp3) is 0.333. The number of hydrogen-bond donors (Lipinski definition) is 1. The van der Waals surface area contributed by atoms with Gasteiger partial charge < -0.3 is 10.5 Å². The largest absolute Gasteiger partial charge is 0.410 e. The molecule has 0 atom stereocenters. The molecule has 2 N–H and O–H groups in total. The van der Waals surface area contributed by atoms with Gasteiger partial charge in [-0.05, 0) is 0 Å². The van der Waals surface area contributed by atoms with E-state index in [9.17, 15) is 9.18 Å². The average Bonchev–Trinajstić information content (AvgIpc) is 1.99. The summed E-state index contributed by atoms with van der Waals surface area (Å²) in [5.41, 5.74) is 4.80. The van der Waals surface area contributed by atoms with Crippen molar-refractivity contribution >= 4 is 19.5 Å². The molecule has 0 radical (unpaired) electrons. The number of pyridine rings is 1. The number of primary amides is 1. The van der Waals surface area contributed by atoms with E-state index in [1.165, 1.54) is 6.20 Å². The molecular weight excluding hydrogens is 215 g/mol. The van der Waals surface area contributed by atoms with Crippen LogP contribution in [0.4, 0.5) is 9.18 Å². The van der Waals surface area contributed by atoms with E-state index in [1.807, 2.05) is 19.6 Å². The van der Waals surface area contributed by atoms with E-state index in [2.05, 4.69) is 9.72 Å². The number of amides is 1. The van der Waals surface area contributed by atoms with Gasteiger partial charge in [0.15, 0.2) is 5.75 Å². The second-order valence-corrected chi connectivity index (χ2v) is 9.15. The van der Waals surface area contributed by atoms with Crippen molar-refractivity contribution in [1.29, 1.82) is 0 Å². The smallest absolute Gasteiger partial charge is 0.409 e. The molecule has 0 spiro atoms. The van der Waals surface area contributed by atoms with Gasteiger partial charge in [-0.15, -0.1) is 0 Å². The Morgan fingerprint density at radius 1 is 1.53 bits per heavy atom. The van der Waals surface area contributed by atoms with Gasteiger partial charge in [-0.3, -0.25) is 4.98 Å². The molecular formula is C9H13FN2O2Si. The molecule has 15 heavy (non-hydrogen) atoms. The van der Waals surface area contributed by atoms with Gasteiger partial charge in [-0.2, -0.15) is 0 Å². The molecule has 0 aliphatic carbocycles. The number of nitrogens with zero attached hydrogens (tertiary/aromatic N) is 1. The Morgan fingerprint density at radius 2 is 2.13 bits per heavy atom. The summed E-state index contributed by atoms with van der Waals surface area (Å²) in [6.07, 6.45) is 0.332. The van der Waals surface area contributed by atoms with E-state index >= 15 is 0 Å². The van der Waals surface area contributed by atoms with Crippen LogP contribution in [0.2, 0.25) is 19.6 Å². The van der Waals surface area contributed by atoms with Gasteiger partial charge >= 0.3 is 6.09 Å². The van der Waals surface area contributed by atoms with Gasteiger partial charge in [0.1, 0.15) is 13.9 Å². The molecule has 6 heteroatoms. The zero-order valence-electron chi connectivity index (χ0n) is 8.87. The van der Waals surface area contributed by atoms with Crippen LogP contribution in [0.15, 0.2) is 12.3 Å². The summed E-state index contributed by atoms with van der Waals surface area (Å²) in [6, 6.07) is 1.13. The summed E-state index contributed by atoms with van der Waals surface area (Å²) < 4.78 is 18.1. The topological polar surface area (TPSA) is 65.2 Å². The number of ether oxygens (including phenoxy) is 1. The van der Waals surface area contributed by atoms with Gasteiger partial charge in [0.05, 0.1) is 11.5 Å². The molecule has 0 saturated carbocycles. The van der Waals surface area contributed by atoms with E-state index in [0.29, 0.717) is 5.32 Å². The number of carbonyl (C=O) groups excluding carboxylic acids is 1. The number of hydrogen-bond acceptors (Lipinski definition) is 3. The lowest BCUT2D eigenvalue weighted by Gasteiger charge is -2.16. The minimum absolute atomic E-state index is 0.0296. The highest BCUT2D eigenvalue weighted by molar-refractivity contribution is 6.88. The van der Waals surface area contributed by atoms with Crippen molar-refractivity contribution in [2.75, 3.05) is 0 Å². The molecule has 0 unspecified atom stereocenters. The molecule has 4 nitrogen and oxygen atoms in total. The molecule has 0 aromatic carbocycles. The first-order valence-electron chi connectivity index (χ1n) is 4.44. The zero-order valence-corrected chi connectivity index (χ0v) is 9.87. The van der Waals surface area contributed by atoms with Crippen LogP contribution in [-0.4, -0.2) is 19.2 Å². The van der Waals surface area contributed by atoms with Crippen molar-refractivity contribution in [1.82, 2.24) is 4.98 Å². The Morgan fingerprint density at radius 3 is 2.53 bits per heavy atom. The van der Waals surface area contributed by atoms with Crippen LogP contribution in [0, 0.1) is 5.82 Å². The van der Waals surface area contributed by atoms with Crippen molar-refractivity contribution in [3.05, 3.63) is 18.1 Å². The van der Waals surface area contributed by atoms with Crippen molar-refractivity contribution in [3.8, 4) is 5.75 Å². The van der Waals surface area contributed by atoms with Gasteiger partial charge in [-0.25, -0.2) is 9.18 Å². The van der Waals surface area contributed by atoms with E-state index in [1.54, 1.807) is 0 Å². The van der Waals surface area contributed by atoms with Gasteiger partial charge in [0, 0.05) is 6.07 Å². The number of rotatable bonds is 2. The summed E-state index contributed by atoms with van der Waals surface area (Å²) in [4.78, 5) is 14.4. The van der Waals surface area contributed by atoms with Crippen LogP contribution >= 0.6 is 0 Å². The second-order valence-electron chi connectivity index (χ2n) is 4.17.